The highest BCUT2D eigenvalue weighted by atomic mass is 15.2. The third-order valence-corrected chi connectivity index (χ3v) is 18.8. The molecule has 0 aliphatic heterocycles. The number of benzene rings is 10. The van der Waals surface area contributed by atoms with Gasteiger partial charge in [-0.2, -0.15) is 10.5 Å². The van der Waals surface area contributed by atoms with E-state index in [0.717, 1.165) is 67.1 Å². The molecule has 3 aliphatic rings. The van der Waals surface area contributed by atoms with Gasteiger partial charge < -0.3 is 0 Å². The van der Waals surface area contributed by atoms with Crippen LogP contribution in [0.4, 0.5) is 34.4 Å². The molecule has 414 valence electrons. The molecule has 6 nitrogen and oxygen atoms in total. The minimum absolute atomic E-state index is 0.193. The van der Waals surface area contributed by atoms with Crippen molar-refractivity contribution in [2.75, 3.05) is 9.80 Å². The van der Waals surface area contributed by atoms with Crippen LogP contribution in [0.1, 0.15) is 108 Å². The number of fused-ring (bicyclic) bond motifs is 11. The molecular formula is C81H60N6. The van der Waals surface area contributed by atoms with Gasteiger partial charge in [0.1, 0.15) is 11.6 Å². The van der Waals surface area contributed by atoms with Crippen molar-refractivity contribution in [1.82, 2.24) is 9.97 Å². The first kappa shape index (κ1) is 52.9. The first-order valence-electron chi connectivity index (χ1n) is 29.8. The van der Waals surface area contributed by atoms with Gasteiger partial charge in [-0.05, 0) is 185 Å². The van der Waals surface area contributed by atoms with Gasteiger partial charge in [-0.3, -0.25) is 9.80 Å². The van der Waals surface area contributed by atoms with Gasteiger partial charge in [0.05, 0.1) is 23.3 Å². The van der Waals surface area contributed by atoms with Gasteiger partial charge in [0.15, 0.2) is 0 Å². The highest BCUT2D eigenvalue weighted by molar-refractivity contribution is 5.99. The zero-order valence-electron chi connectivity index (χ0n) is 49.4. The molecule has 0 spiro atoms. The third kappa shape index (κ3) is 8.67. The van der Waals surface area contributed by atoms with Crippen molar-refractivity contribution >= 4 is 80.2 Å². The van der Waals surface area contributed by atoms with E-state index in [4.69, 9.17) is 9.97 Å². The summed E-state index contributed by atoms with van der Waals surface area (Å²) in [5.74, 6) is 1.69. The van der Waals surface area contributed by atoms with Crippen molar-refractivity contribution in [1.29, 1.82) is 10.5 Å². The number of pyridine rings is 2. The van der Waals surface area contributed by atoms with E-state index in [0.29, 0.717) is 11.1 Å². The molecule has 0 saturated carbocycles. The number of hydrogen-bond acceptors (Lipinski definition) is 6. The molecule has 10 aromatic carbocycles. The van der Waals surface area contributed by atoms with Crippen LogP contribution in [-0.4, -0.2) is 9.97 Å². The summed E-state index contributed by atoms with van der Waals surface area (Å²) in [6.45, 7) is 14.1. The molecule has 0 radical (unpaired) electrons. The van der Waals surface area contributed by atoms with E-state index < -0.39 is 0 Å². The standard InChI is InChI=1S/C81H60N6/c1-79(2)71-43-51(15-17-53-25-35-67-69-37-31-61(47-75(69)80(3,4)73(67)45-53)86(59-27-19-55(49-82)20-28-59)77-63-13-9-7-11-57(63)39-41-84-77)23-33-65(71)66-34-24-52(44-72(66)79)16-18-54-26-36-68-70-38-32-62(48-76(70)81(5,6)74(68)46-54)87(60-29-21-56(50-83)22-30-60)78-64-14-10-8-12-58(64)40-42-85-78/h7-48H,1-6H3/b17-15+,18-16+. The molecule has 0 amide bonds. The Morgan fingerprint density at radius 2 is 0.609 bits per heavy atom. The maximum atomic E-state index is 9.65. The largest absolute Gasteiger partial charge is 0.295 e. The Labute approximate surface area is 508 Å². The molecule has 0 saturated heterocycles. The molecule has 2 heterocycles. The Kier molecular flexibility index (Phi) is 12.2. The molecule has 0 fully saturated rings. The summed E-state index contributed by atoms with van der Waals surface area (Å²) in [4.78, 5) is 14.4. The summed E-state index contributed by atoms with van der Waals surface area (Å²) in [5, 5.41) is 23.6. The van der Waals surface area contributed by atoms with E-state index in [-0.39, 0.29) is 16.2 Å². The lowest BCUT2D eigenvalue weighted by Crippen LogP contribution is -2.17. The van der Waals surface area contributed by atoms with Crippen molar-refractivity contribution in [3.63, 3.8) is 0 Å². The fraction of sp³-hybridized carbons (Fsp3) is 0.111. The van der Waals surface area contributed by atoms with Gasteiger partial charge in [-0.1, -0.05) is 199 Å². The minimum Gasteiger partial charge on any atom is -0.295 e. The SMILES string of the molecule is CC1(C)c2cc(/C=C/c3ccc4c(c3)C(C)(C)c3cc(N(c5ccc(C#N)cc5)c5nccc6ccccc56)ccc3-4)ccc2-c2ccc(/C=C/c3ccc4c(c3)C(C)(C)c3cc(N(c5ccc(C#N)cc5)c5nccc6ccccc56)ccc3-4)cc21. The van der Waals surface area contributed by atoms with E-state index >= 15 is 0 Å². The van der Waals surface area contributed by atoms with Crippen LogP contribution < -0.4 is 9.80 Å². The van der Waals surface area contributed by atoms with Crippen LogP contribution in [-0.2, 0) is 16.2 Å². The lowest BCUT2D eigenvalue weighted by atomic mass is 9.81. The number of anilines is 6. The zero-order valence-corrected chi connectivity index (χ0v) is 49.4. The number of hydrogen-bond donors (Lipinski definition) is 0. The Balaban J connectivity index is 0.672. The summed E-state index contributed by atoms with van der Waals surface area (Å²) in [6, 6.07) is 82.3. The summed E-state index contributed by atoms with van der Waals surface area (Å²) in [6.07, 6.45) is 12.8. The Bertz CT molecular complexity index is 4660. The molecule has 6 heteroatoms. The number of nitriles is 2. The highest BCUT2D eigenvalue weighted by Gasteiger charge is 2.39. The quantitative estimate of drug-likeness (QED) is 0.127. The van der Waals surface area contributed by atoms with Gasteiger partial charge in [0.2, 0.25) is 0 Å². The molecule has 0 unspecified atom stereocenters. The second kappa shape index (κ2) is 20.1. The molecule has 15 rings (SSSR count). The minimum atomic E-state index is -0.266. The van der Waals surface area contributed by atoms with Crippen LogP contribution in [0.5, 0.6) is 0 Å². The Hall–Kier alpha value is -10.9. The van der Waals surface area contributed by atoms with E-state index in [1.165, 1.54) is 77.9 Å². The lowest BCUT2D eigenvalue weighted by Gasteiger charge is -2.28. The van der Waals surface area contributed by atoms with E-state index in [9.17, 15) is 10.5 Å². The van der Waals surface area contributed by atoms with Gasteiger partial charge in [0, 0.05) is 62.2 Å². The normalized spacial score (nSPS) is 14.3. The predicted molar refractivity (Wildman–Crippen MR) is 359 cm³/mol. The average molecular weight is 1120 g/mol. The Morgan fingerprint density at radius 3 is 0.931 bits per heavy atom. The maximum Gasteiger partial charge on any atom is 0.145 e. The fourth-order valence-corrected chi connectivity index (χ4v) is 14.1. The van der Waals surface area contributed by atoms with Crippen LogP contribution >= 0.6 is 0 Å². The van der Waals surface area contributed by atoms with Crippen LogP contribution in [0.15, 0.2) is 231 Å². The fourth-order valence-electron chi connectivity index (χ4n) is 14.1. The molecule has 0 bridgehead atoms. The van der Waals surface area contributed by atoms with Crippen molar-refractivity contribution in [3.8, 4) is 45.5 Å². The van der Waals surface area contributed by atoms with Crippen LogP contribution in [0, 0.1) is 22.7 Å². The van der Waals surface area contributed by atoms with Crippen LogP contribution in [0.3, 0.4) is 0 Å². The molecule has 87 heavy (non-hydrogen) atoms. The van der Waals surface area contributed by atoms with Gasteiger partial charge in [0.25, 0.3) is 0 Å². The summed E-state index contributed by atoms with van der Waals surface area (Å²) >= 11 is 0. The lowest BCUT2D eigenvalue weighted by molar-refractivity contribution is 0.660. The first-order chi connectivity index (χ1) is 42.3. The van der Waals surface area contributed by atoms with Crippen molar-refractivity contribution in [2.24, 2.45) is 0 Å². The van der Waals surface area contributed by atoms with Crippen LogP contribution in [0.2, 0.25) is 0 Å². The van der Waals surface area contributed by atoms with Gasteiger partial charge in [-0.25, -0.2) is 9.97 Å². The first-order valence-corrected chi connectivity index (χ1v) is 29.8. The number of nitrogens with zero attached hydrogens (tertiary/aromatic N) is 6. The monoisotopic (exact) mass is 1120 g/mol. The second-order valence-electron chi connectivity index (χ2n) is 24.9. The van der Waals surface area contributed by atoms with Crippen molar-refractivity contribution < 1.29 is 0 Å². The predicted octanol–water partition coefficient (Wildman–Crippen LogP) is 20.7. The van der Waals surface area contributed by atoms with Crippen molar-refractivity contribution in [2.45, 2.75) is 57.8 Å². The smallest absolute Gasteiger partial charge is 0.145 e. The zero-order chi connectivity index (χ0) is 59.3. The Morgan fingerprint density at radius 1 is 0.322 bits per heavy atom. The molecule has 2 aromatic heterocycles. The van der Waals surface area contributed by atoms with E-state index in [1.54, 1.807) is 0 Å². The topological polar surface area (TPSA) is 79.8 Å². The molecular weight excluding hydrogens is 1060 g/mol. The maximum absolute atomic E-state index is 9.65. The highest BCUT2D eigenvalue weighted by Crippen LogP contribution is 2.54. The summed E-state index contributed by atoms with van der Waals surface area (Å²) in [5.41, 5.74) is 24.5. The van der Waals surface area contributed by atoms with E-state index in [1.807, 2.05) is 60.9 Å². The summed E-state index contributed by atoms with van der Waals surface area (Å²) < 4.78 is 0. The number of rotatable bonds is 10. The molecule has 0 atom stereocenters. The second-order valence-corrected chi connectivity index (χ2v) is 24.9. The van der Waals surface area contributed by atoms with Gasteiger partial charge in [-0.15, -0.1) is 0 Å². The molecule has 0 N–H and O–H groups in total. The molecule has 12 aromatic rings. The van der Waals surface area contributed by atoms with Crippen molar-refractivity contribution in [3.05, 3.63) is 298 Å². The van der Waals surface area contributed by atoms with Crippen LogP contribution in [0.25, 0.3) is 79.2 Å². The third-order valence-electron chi connectivity index (χ3n) is 18.8. The molecule has 3 aliphatic carbocycles. The van der Waals surface area contributed by atoms with E-state index in [2.05, 4.69) is 258 Å². The average Bonchev–Trinajstić information content (AvgIpc) is 1.83. The van der Waals surface area contributed by atoms with Gasteiger partial charge >= 0.3 is 0 Å². The summed E-state index contributed by atoms with van der Waals surface area (Å²) in [7, 11) is 0. The number of aromatic nitrogens is 2.